The molecule has 1 fully saturated rings. The second-order valence-corrected chi connectivity index (χ2v) is 6.72. The molecular weight excluding hydrogens is 296 g/mol. The van der Waals surface area contributed by atoms with E-state index < -0.39 is 0 Å². The van der Waals surface area contributed by atoms with Crippen molar-refractivity contribution in [1.82, 2.24) is 14.8 Å². The van der Waals surface area contributed by atoms with E-state index in [2.05, 4.69) is 15.5 Å². The van der Waals surface area contributed by atoms with Crippen LogP contribution in [0, 0.1) is 5.92 Å². The summed E-state index contributed by atoms with van der Waals surface area (Å²) < 4.78 is 1.88. The number of aryl methyl sites for hydroxylation is 1. The molecule has 0 bridgehead atoms. The average molecular weight is 316 g/mol. The van der Waals surface area contributed by atoms with Gasteiger partial charge in [-0.05, 0) is 48.9 Å². The molecule has 6 heteroatoms. The number of amides is 1. The molecule has 1 aliphatic rings. The van der Waals surface area contributed by atoms with Gasteiger partial charge in [0.15, 0.2) is 5.16 Å². The molecule has 5 nitrogen and oxygen atoms in total. The van der Waals surface area contributed by atoms with Crippen LogP contribution in [0.25, 0.3) is 0 Å². The van der Waals surface area contributed by atoms with Crippen molar-refractivity contribution in [3.05, 3.63) is 30.6 Å². The summed E-state index contributed by atoms with van der Waals surface area (Å²) in [6, 6.07) is 7.88. The maximum Gasteiger partial charge on any atom is 0.227 e. The Bertz CT molecular complexity index is 632. The first-order valence-corrected chi connectivity index (χ1v) is 8.47. The van der Waals surface area contributed by atoms with Gasteiger partial charge < -0.3 is 9.88 Å². The summed E-state index contributed by atoms with van der Waals surface area (Å²) in [5.41, 5.74) is 0.859. The number of carbonyl (C=O) groups excluding carboxylic acids is 1. The lowest BCUT2D eigenvalue weighted by Gasteiger charge is -2.20. The number of rotatable bonds is 4. The van der Waals surface area contributed by atoms with Gasteiger partial charge in [0.05, 0.1) is 0 Å². The molecule has 0 atom stereocenters. The van der Waals surface area contributed by atoms with Gasteiger partial charge >= 0.3 is 0 Å². The van der Waals surface area contributed by atoms with Gasteiger partial charge in [-0.1, -0.05) is 19.3 Å². The lowest BCUT2D eigenvalue weighted by molar-refractivity contribution is -0.120. The van der Waals surface area contributed by atoms with E-state index in [1.165, 1.54) is 19.3 Å². The van der Waals surface area contributed by atoms with Gasteiger partial charge in [-0.2, -0.15) is 0 Å². The van der Waals surface area contributed by atoms with Gasteiger partial charge in [-0.15, -0.1) is 10.2 Å². The SMILES string of the molecule is Cn1cnnc1Sc1ccc(NC(=O)C2CCCCC2)cc1. The standard InChI is InChI=1S/C16H20N4OS/c1-20-11-17-19-16(20)22-14-9-7-13(8-10-14)18-15(21)12-5-3-2-4-6-12/h7-12H,2-6H2,1H3,(H,18,21). The van der Waals surface area contributed by atoms with Crippen LogP contribution in [0.4, 0.5) is 5.69 Å². The lowest BCUT2D eigenvalue weighted by atomic mass is 9.88. The quantitative estimate of drug-likeness (QED) is 0.938. The molecule has 1 saturated carbocycles. The number of hydrogen-bond donors (Lipinski definition) is 1. The molecule has 0 radical (unpaired) electrons. The second kappa shape index (κ2) is 6.96. The lowest BCUT2D eigenvalue weighted by Crippen LogP contribution is -2.24. The van der Waals surface area contributed by atoms with Gasteiger partial charge in [0.1, 0.15) is 6.33 Å². The van der Waals surface area contributed by atoms with E-state index in [0.717, 1.165) is 28.6 Å². The van der Waals surface area contributed by atoms with Crippen LogP contribution in [0.3, 0.4) is 0 Å². The van der Waals surface area contributed by atoms with Crippen LogP contribution in [-0.4, -0.2) is 20.7 Å². The van der Waals surface area contributed by atoms with Crippen LogP contribution >= 0.6 is 11.8 Å². The highest BCUT2D eigenvalue weighted by Gasteiger charge is 2.20. The summed E-state index contributed by atoms with van der Waals surface area (Å²) in [5, 5.41) is 11.8. The van der Waals surface area contributed by atoms with Crippen molar-refractivity contribution in [3.63, 3.8) is 0 Å². The molecule has 0 unspecified atom stereocenters. The van der Waals surface area contributed by atoms with Gasteiger partial charge in [0, 0.05) is 23.5 Å². The number of nitrogens with zero attached hydrogens (tertiary/aromatic N) is 3. The molecule has 2 aromatic rings. The van der Waals surface area contributed by atoms with E-state index in [1.807, 2.05) is 35.9 Å². The van der Waals surface area contributed by atoms with Crippen molar-refractivity contribution in [2.24, 2.45) is 13.0 Å². The third-order valence-electron chi connectivity index (χ3n) is 3.98. The highest BCUT2D eigenvalue weighted by Crippen LogP contribution is 2.28. The summed E-state index contributed by atoms with van der Waals surface area (Å²) in [5.74, 6) is 0.342. The normalized spacial score (nSPS) is 15.7. The van der Waals surface area contributed by atoms with Gasteiger partial charge in [-0.25, -0.2) is 0 Å². The third kappa shape index (κ3) is 3.68. The number of anilines is 1. The molecule has 1 amide bonds. The van der Waals surface area contributed by atoms with Crippen molar-refractivity contribution in [2.45, 2.75) is 42.2 Å². The van der Waals surface area contributed by atoms with E-state index in [9.17, 15) is 4.79 Å². The van der Waals surface area contributed by atoms with Crippen LogP contribution in [0.1, 0.15) is 32.1 Å². The predicted molar refractivity (Wildman–Crippen MR) is 86.8 cm³/mol. The Hall–Kier alpha value is -1.82. The number of aromatic nitrogens is 3. The van der Waals surface area contributed by atoms with Crippen molar-refractivity contribution >= 4 is 23.4 Å². The van der Waals surface area contributed by atoms with Crippen LogP contribution in [-0.2, 0) is 11.8 Å². The minimum Gasteiger partial charge on any atom is -0.326 e. The van der Waals surface area contributed by atoms with Crippen molar-refractivity contribution < 1.29 is 4.79 Å². The van der Waals surface area contributed by atoms with Crippen molar-refractivity contribution in [3.8, 4) is 0 Å². The van der Waals surface area contributed by atoms with E-state index >= 15 is 0 Å². The average Bonchev–Trinajstić information content (AvgIpc) is 2.95. The summed E-state index contributed by atoms with van der Waals surface area (Å²) in [6.45, 7) is 0. The second-order valence-electron chi connectivity index (χ2n) is 5.68. The number of carbonyl (C=O) groups is 1. The fourth-order valence-corrected chi connectivity index (χ4v) is 3.45. The molecule has 1 aliphatic carbocycles. The Morgan fingerprint density at radius 1 is 1.23 bits per heavy atom. The van der Waals surface area contributed by atoms with E-state index in [0.29, 0.717) is 0 Å². The number of hydrogen-bond acceptors (Lipinski definition) is 4. The zero-order valence-corrected chi connectivity index (χ0v) is 13.5. The smallest absolute Gasteiger partial charge is 0.227 e. The molecular formula is C16H20N4OS. The van der Waals surface area contributed by atoms with Crippen LogP contribution in [0.5, 0.6) is 0 Å². The Kier molecular flexibility index (Phi) is 4.77. The maximum absolute atomic E-state index is 12.2. The summed E-state index contributed by atoms with van der Waals surface area (Å²) in [6.07, 6.45) is 7.33. The zero-order valence-electron chi connectivity index (χ0n) is 12.7. The monoisotopic (exact) mass is 316 g/mol. The summed E-state index contributed by atoms with van der Waals surface area (Å²) in [7, 11) is 1.92. The molecule has 3 rings (SSSR count). The largest absolute Gasteiger partial charge is 0.326 e. The molecule has 0 spiro atoms. The molecule has 1 aromatic carbocycles. The van der Waals surface area contributed by atoms with Gasteiger partial charge in [-0.3, -0.25) is 4.79 Å². The zero-order chi connectivity index (χ0) is 15.4. The molecule has 0 saturated heterocycles. The van der Waals surface area contributed by atoms with Gasteiger partial charge in [0.2, 0.25) is 5.91 Å². The van der Waals surface area contributed by atoms with Crippen LogP contribution < -0.4 is 5.32 Å². The Morgan fingerprint density at radius 2 is 1.95 bits per heavy atom. The third-order valence-corrected chi connectivity index (χ3v) is 5.04. The fraction of sp³-hybridized carbons (Fsp3) is 0.438. The van der Waals surface area contributed by atoms with Crippen LogP contribution in [0.15, 0.2) is 40.6 Å². The summed E-state index contributed by atoms with van der Waals surface area (Å²) in [4.78, 5) is 13.3. The van der Waals surface area contributed by atoms with Gasteiger partial charge in [0.25, 0.3) is 0 Å². The molecule has 1 aromatic heterocycles. The Morgan fingerprint density at radius 3 is 2.59 bits per heavy atom. The predicted octanol–water partition coefficient (Wildman–Crippen LogP) is 3.49. The maximum atomic E-state index is 12.2. The first kappa shape index (κ1) is 15.1. The molecule has 0 aliphatic heterocycles. The van der Waals surface area contributed by atoms with Crippen molar-refractivity contribution in [2.75, 3.05) is 5.32 Å². The van der Waals surface area contributed by atoms with Crippen molar-refractivity contribution in [1.29, 1.82) is 0 Å². The first-order valence-electron chi connectivity index (χ1n) is 7.65. The molecule has 22 heavy (non-hydrogen) atoms. The minimum absolute atomic E-state index is 0.161. The Balaban J connectivity index is 1.59. The Labute approximate surface area is 134 Å². The minimum atomic E-state index is 0.161. The fourth-order valence-electron chi connectivity index (χ4n) is 2.69. The highest BCUT2D eigenvalue weighted by atomic mass is 32.2. The summed E-state index contributed by atoms with van der Waals surface area (Å²) >= 11 is 1.55. The number of benzene rings is 1. The topological polar surface area (TPSA) is 59.8 Å². The molecule has 1 N–H and O–H groups in total. The molecule has 116 valence electrons. The van der Waals surface area contributed by atoms with Crippen LogP contribution in [0.2, 0.25) is 0 Å². The number of nitrogens with one attached hydrogen (secondary N) is 1. The first-order chi connectivity index (χ1) is 10.7. The molecule has 1 heterocycles. The highest BCUT2D eigenvalue weighted by molar-refractivity contribution is 7.99. The van der Waals surface area contributed by atoms with E-state index in [-0.39, 0.29) is 11.8 Å². The van der Waals surface area contributed by atoms with E-state index in [1.54, 1.807) is 18.1 Å². The van der Waals surface area contributed by atoms with E-state index in [4.69, 9.17) is 0 Å².